The van der Waals surface area contributed by atoms with Crippen molar-refractivity contribution in [3.8, 4) is 11.5 Å². The van der Waals surface area contributed by atoms with Gasteiger partial charge in [-0.3, -0.25) is 0 Å². The van der Waals surface area contributed by atoms with Gasteiger partial charge in [-0.25, -0.2) is 4.98 Å². The Morgan fingerprint density at radius 2 is 2.00 bits per heavy atom. The maximum atomic E-state index is 5.75. The van der Waals surface area contributed by atoms with Crippen molar-refractivity contribution in [1.82, 2.24) is 4.98 Å². The molecule has 0 bridgehead atoms. The average Bonchev–Trinajstić information content (AvgIpc) is 2.73. The molecule has 0 saturated heterocycles. The number of hydrogen-bond donors (Lipinski definition) is 1. The van der Waals surface area contributed by atoms with Gasteiger partial charge in [-0.1, -0.05) is 11.3 Å². The van der Waals surface area contributed by atoms with Crippen LogP contribution in [-0.4, -0.2) is 25.2 Å². The highest BCUT2D eigenvalue weighted by molar-refractivity contribution is 7.22. The number of nitrogens with one attached hydrogen (secondary N) is 1. The highest BCUT2D eigenvalue weighted by Crippen LogP contribution is 2.38. The Kier molecular flexibility index (Phi) is 3.38. The molecule has 0 atom stereocenters. The predicted molar refractivity (Wildman–Crippen MR) is 71.5 cm³/mol. The quantitative estimate of drug-likeness (QED) is 0.908. The summed E-state index contributed by atoms with van der Waals surface area (Å²) in [6.45, 7) is 4.00. The summed E-state index contributed by atoms with van der Waals surface area (Å²) in [7, 11) is 3.52. The van der Waals surface area contributed by atoms with E-state index in [2.05, 4.69) is 10.3 Å². The molecule has 17 heavy (non-hydrogen) atoms. The highest BCUT2D eigenvalue weighted by atomic mass is 32.1. The van der Waals surface area contributed by atoms with E-state index in [1.807, 2.05) is 33.0 Å². The van der Waals surface area contributed by atoms with Crippen LogP contribution in [0, 0.1) is 0 Å². The first-order chi connectivity index (χ1) is 8.15. The minimum absolute atomic E-state index is 0.131. The maximum absolute atomic E-state index is 5.75. The number of rotatable bonds is 4. The molecule has 0 unspecified atom stereocenters. The lowest BCUT2D eigenvalue weighted by atomic mass is 10.3. The Hall–Kier alpha value is -1.49. The van der Waals surface area contributed by atoms with E-state index in [1.165, 1.54) is 0 Å². The molecule has 1 aromatic carbocycles. The topological polar surface area (TPSA) is 43.4 Å². The highest BCUT2D eigenvalue weighted by Gasteiger charge is 2.14. The summed E-state index contributed by atoms with van der Waals surface area (Å²) in [6.07, 6.45) is 0.131. The number of fused-ring (bicyclic) bond motifs is 1. The van der Waals surface area contributed by atoms with Crippen LogP contribution in [0.3, 0.4) is 0 Å². The number of ether oxygens (including phenoxy) is 2. The zero-order chi connectivity index (χ0) is 12.4. The second-order valence-electron chi connectivity index (χ2n) is 3.88. The predicted octanol–water partition coefficient (Wildman–Crippen LogP) is 3.13. The fraction of sp³-hybridized carbons (Fsp3) is 0.417. The first-order valence-electron chi connectivity index (χ1n) is 5.47. The average molecular weight is 252 g/mol. The van der Waals surface area contributed by atoms with Crippen molar-refractivity contribution >= 4 is 26.7 Å². The van der Waals surface area contributed by atoms with Crippen LogP contribution in [0.5, 0.6) is 11.5 Å². The van der Waals surface area contributed by atoms with E-state index >= 15 is 0 Å². The summed E-state index contributed by atoms with van der Waals surface area (Å²) in [5.74, 6) is 1.63. The van der Waals surface area contributed by atoms with Crippen LogP contribution in [0.1, 0.15) is 13.8 Å². The summed E-state index contributed by atoms with van der Waals surface area (Å²) < 4.78 is 12.1. The van der Waals surface area contributed by atoms with Gasteiger partial charge in [0.25, 0.3) is 0 Å². The molecule has 1 aromatic heterocycles. The smallest absolute Gasteiger partial charge is 0.183 e. The number of aromatic nitrogens is 1. The van der Waals surface area contributed by atoms with Gasteiger partial charge in [-0.15, -0.1) is 0 Å². The molecule has 1 N–H and O–H groups in total. The fourth-order valence-electron chi connectivity index (χ4n) is 1.58. The Bertz CT molecular complexity index is 522. The van der Waals surface area contributed by atoms with Crippen molar-refractivity contribution < 1.29 is 9.47 Å². The van der Waals surface area contributed by atoms with Gasteiger partial charge in [0.1, 0.15) is 21.7 Å². The second-order valence-corrected chi connectivity index (χ2v) is 4.88. The molecule has 1 heterocycles. The van der Waals surface area contributed by atoms with Crippen LogP contribution < -0.4 is 14.8 Å². The molecule has 4 nitrogen and oxygen atoms in total. The van der Waals surface area contributed by atoms with Gasteiger partial charge >= 0.3 is 0 Å². The standard InChI is InChI=1S/C12H16N2O2S/c1-7(2)16-8-5-6-9(15-4)11-10(8)14-12(13-3)17-11/h5-7H,1-4H3,(H,13,14). The van der Waals surface area contributed by atoms with Crippen molar-refractivity contribution in [3.63, 3.8) is 0 Å². The van der Waals surface area contributed by atoms with Gasteiger partial charge in [-0.2, -0.15) is 0 Å². The summed E-state index contributed by atoms with van der Waals surface area (Å²) >= 11 is 1.56. The minimum Gasteiger partial charge on any atom is -0.495 e. The number of nitrogens with zero attached hydrogens (tertiary/aromatic N) is 1. The van der Waals surface area contributed by atoms with E-state index in [0.29, 0.717) is 0 Å². The third kappa shape index (κ3) is 2.29. The van der Waals surface area contributed by atoms with Gasteiger partial charge in [0.15, 0.2) is 5.13 Å². The number of thiazole rings is 1. The Morgan fingerprint density at radius 3 is 2.59 bits per heavy atom. The Labute approximate surface area is 105 Å². The van der Waals surface area contributed by atoms with Gasteiger partial charge in [0.05, 0.1) is 13.2 Å². The molecule has 2 aromatic rings. The van der Waals surface area contributed by atoms with Crippen LogP contribution in [0.25, 0.3) is 10.2 Å². The summed E-state index contributed by atoms with van der Waals surface area (Å²) in [5.41, 5.74) is 0.854. The Morgan fingerprint density at radius 1 is 1.29 bits per heavy atom. The van der Waals surface area contributed by atoms with Crippen molar-refractivity contribution in [2.24, 2.45) is 0 Å². The van der Waals surface area contributed by atoms with Crippen molar-refractivity contribution in [1.29, 1.82) is 0 Å². The van der Waals surface area contributed by atoms with Gasteiger partial charge in [0.2, 0.25) is 0 Å². The zero-order valence-electron chi connectivity index (χ0n) is 10.4. The molecule has 0 radical (unpaired) electrons. The molecular weight excluding hydrogens is 236 g/mol. The normalized spacial score (nSPS) is 10.9. The van der Waals surface area contributed by atoms with Crippen LogP contribution in [0.4, 0.5) is 5.13 Å². The first kappa shape index (κ1) is 12.0. The largest absolute Gasteiger partial charge is 0.495 e. The first-order valence-corrected chi connectivity index (χ1v) is 6.29. The lowest BCUT2D eigenvalue weighted by Gasteiger charge is -2.11. The third-order valence-corrected chi connectivity index (χ3v) is 3.35. The summed E-state index contributed by atoms with van der Waals surface area (Å²) in [5, 5.41) is 3.90. The monoisotopic (exact) mass is 252 g/mol. The van der Waals surface area contributed by atoms with Crippen LogP contribution >= 0.6 is 11.3 Å². The van der Waals surface area contributed by atoms with Gasteiger partial charge in [-0.05, 0) is 26.0 Å². The number of anilines is 1. The minimum atomic E-state index is 0.131. The van der Waals surface area contributed by atoms with E-state index in [-0.39, 0.29) is 6.10 Å². The lowest BCUT2D eigenvalue weighted by Crippen LogP contribution is -2.05. The molecule has 0 aliphatic carbocycles. The van der Waals surface area contributed by atoms with E-state index < -0.39 is 0 Å². The molecule has 2 rings (SSSR count). The Balaban J connectivity index is 2.58. The van der Waals surface area contributed by atoms with Gasteiger partial charge < -0.3 is 14.8 Å². The number of hydrogen-bond acceptors (Lipinski definition) is 5. The van der Waals surface area contributed by atoms with Crippen LogP contribution in [0.15, 0.2) is 12.1 Å². The number of methoxy groups -OCH3 is 1. The summed E-state index contributed by atoms with van der Waals surface area (Å²) in [6, 6.07) is 3.82. The van der Waals surface area contributed by atoms with E-state index in [1.54, 1.807) is 18.4 Å². The van der Waals surface area contributed by atoms with E-state index in [4.69, 9.17) is 9.47 Å². The second kappa shape index (κ2) is 4.79. The molecule has 0 aliphatic rings. The lowest BCUT2D eigenvalue weighted by molar-refractivity contribution is 0.245. The molecule has 0 fully saturated rings. The zero-order valence-corrected chi connectivity index (χ0v) is 11.2. The SMILES string of the molecule is CNc1nc2c(OC(C)C)ccc(OC)c2s1. The van der Waals surface area contributed by atoms with Gasteiger partial charge in [0, 0.05) is 7.05 Å². The molecule has 0 saturated carbocycles. The summed E-state index contributed by atoms with van der Waals surface area (Å²) in [4.78, 5) is 4.50. The van der Waals surface area contributed by atoms with Crippen molar-refractivity contribution in [2.45, 2.75) is 20.0 Å². The molecule has 0 amide bonds. The van der Waals surface area contributed by atoms with E-state index in [9.17, 15) is 0 Å². The maximum Gasteiger partial charge on any atom is 0.183 e. The molecule has 0 spiro atoms. The van der Waals surface area contributed by atoms with E-state index in [0.717, 1.165) is 26.8 Å². The third-order valence-electron chi connectivity index (χ3n) is 2.27. The number of benzene rings is 1. The molecular formula is C12H16N2O2S. The molecule has 0 aliphatic heterocycles. The van der Waals surface area contributed by atoms with Crippen LogP contribution in [-0.2, 0) is 0 Å². The molecule has 5 heteroatoms. The van der Waals surface area contributed by atoms with Crippen molar-refractivity contribution in [3.05, 3.63) is 12.1 Å². The van der Waals surface area contributed by atoms with Crippen molar-refractivity contribution in [2.75, 3.05) is 19.5 Å². The fourth-order valence-corrected chi connectivity index (χ4v) is 2.50. The van der Waals surface area contributed by atoms with Crippen LogP contribution in [0.2, 0.25) is 0 Å². The molecule has 92 valence electrons.